The standard InChI is InChI=1S/C11H20N2O2/c1-15-8-9-3-5-13(7-9)11(14)10-2-4-12-6-10/h9-10,12H,2-8H2,1H3/t9-,10-/m0/s1. The van der Waals surface area contributed by atoms with Crippen molar-refractivity contribution >= 4 is 5.91 Å². The molecule has 1 amide bonds. The van der Waals surface area contributed by atoms with Gasteiger partial charge in [0, 0.05) is 32.7 Å². The van der Waals surface area contributed by atoms with Gasteiger partial charge in [0.15, 0.2) is 0 Å². The van der Waals surface area contributed by atoms with Gasteiger partial charge in [-0.05, 0) is 19.4 Å². The monoisotopic (exact) mass is 212 g/mol. The van der Waals surface area contributed by atoms with Gasteiger partial charge in [0.1, 0.15) is 0 Å². The Morgan fingerprint density at radius 1 is 1.53 bits per heavy atom. The average Bonchev–Trinajstić information content (AvgIpc) is 2.87. The van der Waals surface area contributed by atoms with Gasteiger partial charge >= 0.3 is 0 Å². The van der Waals surface area contributed by atoms with Gasteiger partial charge in [0.2, 0.25) is 5.91 Å². The second kappa shape index (κ2) is 4.94. The summed E-state index contributed by atoms with van der Waals surface area (Å²) in [7, 11) is 1.73. The number of carbonyl (C=O) groups excluding carboxylic acids is 1. The summed E-state index contributed by atoms with van der Waals surface area (Å²) in [6, 6.07) is 0. The molecule has 2 aliphatic rings. The Hall–Kier alpha value is -0.610. The lowest BCUT2D eigenvalue weighted by atomic mass is 10.1. The highest BCUT2D eigenvalue weighted by molar-refractivity contribution is 5.79. The molecule has 4 nitrogen and oxygen atoms in total. The molecule has 0 aliphatic carbocycles. The highest BCUT2D eigenvalue weighted by atomic mass is 16.5. The Morgan fingerprint density at radius 2 is 2.40 bits per heavy atom. The summed E-state index contributed by atoms with van der Waals surface area (Å²) in [4.78, 5) is 14.1. The molecule has 0 unspecified atom stereocenters. The molecule has 4 heteroatoms. The van der Waals surface area contributed by atoms with Gasteiger partial charge in [0.25, 0.3) is 0 Å². The molecule has 0 radical (unpaired) electrons. The highest BCUT2D eigenvalue weighted by Gasteiger charge is 2.31. The number of likely N-dealkylation sites (tertiary alicyclic amines) is 1. The summed E-state index contributed by atoms with van der Waals surface area (Å²) in [5, 5.41) is 3.24. The average molecular weight is 212 g/mol. The number of hydrogen-bond acceptors (Lipinski definition) is 3. The van der Waals surface area contributed by atoms with Crippen LogP contribution in [0.2, 0.25) is 0 Å². The molecule has 86 valence electrons. The number of rotatable bonds is 3. The molecule has 15 heavy (non-hydrogen) atoms. The smallest absolute Gasteiger partial charge is 0.227 e. The second-order valence-electron chi connectivity index (χ2n) is 4.58. The minimum absolute atomic E-state index is 0.228. The van der Waals surface area contributed by atoms with Crippen molar-refractivity contribution in [3.05, 3.63) is 0 Å². The second-order valence-corrected chi connectivity index (χ2v) is 4.58. The first kappa shape index (κ1) is 10.9. The molecule has 0 saturated carbocycles. The Balaban J connectivity index is 1.81. The molecule has 1 N–H and O–H groups in total. The summed E-state index contributed by atoms with van der Waals surface area (Å²) in [6.45, 7) is 4.45. The highest BCUT2D eigenvalue weighted by Crippen LogP contribution is 2.20. The molecule has 2 saturated heterocycles. The lowest BCUT2D eigenvalue weighted by Crippen LogP contribution is -2.35. The van der Waals surface area contributed by atoms with Crippen LogP contribution in [0.25, 0.3) is 0 Å². The van der Waals surface area contributed by atoms with Crippen LogP contribution in [-0.4, -0.2) is 50.7 Å². The Kier molecular flexibility index (Phi) is 3.59. The minimum Gasteiger partial charge on any atom is -0.384 e. The first-order chi connectivity index (χ1) is 7.31. The van der Waals surface area contributed by atoms with Gasteiger partial charge < -0.3 is 15.0 Å². The maximum atomic E-state index is 12.0. The molecule has 2 fully saturated rings. The molecule has 0 spiro atoms. The van der Waals surface area contributed by atoms with E-state index in [0.29, 0.717) is 11.8 Å². The van der Waals surface area contributed by atoms with E-state index in [-0.39, 0.29) is 5.92 Å². The van der Waals surface area contributed by atoms with Crippen molar-refractivity contribution in [2.75, 3.05) is 39.9 Å². The van der Waals surface area contributed by atoms with Gasteiger partial charge in [-0.1, -0.05) is 0 Å². The van der Waals surface area contributed by atoms with Gasteiger partial charge in [0.05, 0.1) is 12.5 Å². The number of carbonyl (C=O) groups is 1. The zero-order chi connectivity index (χ0) is 10.7. The van der Waals surface area contributed by atoms with E-state index in [2.05, 4.69) is 5.32 Å². The zero-order valence-corrected chi connectivity index (χ0v) is 9.37. The molecular weight excluding hydrogens is 192 g/mol. The number of amides is 1. The molecule has 0 bridgehead atoms. The van der Waals surface area contributed by atoms with E-state index in [0.717, 1.165) is 45.6 Å². The van der Waals surface area contributed by atoms with Crippen molar-refractivity contribution in [2.45, 2.75) is 12.8 Å². The topological polar surface area (TPSA) is 41.6 Å². The Labute approximate surface area is 91.0 Å². The van der Waals surface area contributed by atoms with Crippen LogP contribution in [0.5, 0.6) is 0 Å². The fourth-order valence-electron chi connectivity index (χ4n) is 2.53. The summed E-state index contributed by atoms with van der Waals surface area (Å²) in [5.41, 5.74) is 0. The van der Waals surface area contributed by atoms with Crippen LogP contribution in [0.15, 0.2) is 0 Å². The number of ether oxygens (including phenoxy) is 1. The Morgan fingerprint density at radius 3 is 3.07 bits per heavy atom. The van der Waals surface area contributed by atoms with Crippen molar-refractivity contribution in [3.63, 3.8) is 0 Å². The normalized spacial score (nSPS) is 31.1. The van der Waals surface area contributed by atoms with Crippen LogP contribution >= 0.6 is 0 Å². The molecule has 0 aromatic heterocycles. The predicted octanol–water partition coefficient (Wildman–Crippen LogP) is 0.0908. The van der Waals surface area contributed by atoms with Crippen molar-refractivity contribution < 1.29 is 9.53 Å². The van der Waals surface area contributed by atoms with E-state index >= 15 is 0 Å². The summed E-state index contributed by atoms with van der Waals surface area (Å²) in [5.74, 6) is 1.12. The van der Waals surface area contributed by atoms with E-state index < -0.39 is 0 Å². The maximum absolute atomic E-state index is 12.0. The lowest BCUT2D eigenvalue weighted by Gasteiger charge is -2.20. The molecule has 2 atom stereocenters. The van der Waals surface area contributed by atoms with Crippen LogP contribution in [0.1, 0.15) is 12.8 Å². The summed E-state index contributed by atoms with van der Waals surface area (Å²) < 4.78 is 5.13. The molecule has 2 aliphatic heterocycles. The zero-order valence-electron chi connectivity index (χ0n) is 9.37. The molecule has 0 aromatic rings. The quantitative estimate of drug-likeness (QED) is 0.721. The summed E-state index contributed by atoms with van der Waals surface area (Å²) >= 11 is 0. The van der Waals surface area contributed by atoms with E-state index in [4.69, 9.17) is 4.74 Å². The molecule has 0 aromatic carbocycles. The van der Waals surface area contributed by atoms with Crippen molar-refractivity contribution in [1.29, 1.82) is 0 Å². The predicted molar refractivity (Wildman–Crippen MR) is 57.5 cm³/mol. The van der Waals surface area contributed by atoms with Crippen molar-refractivity contribution in [3.8, 4) is 0 Å². The summed E-state index contributed by atoms with van der Waals surface area (Å²) in [6.07, 6.45) is 2.10. The van der Waals surface area contributed by atoms with E-state index in [1.54, 1.807) is 7.11 Å². The number of methoxy groups -OCH3 is 1. The SMILES string of the molecule is COC[C@H]1CCN(C(=O)[C@H]2CCNC2)C1. The third kappa shape index (κ3) is 2.49. The lowest BCUT2D eigenvalue weighted by molar-refractivity contribution is -0.134. The van der Waals surface area contributed by atoms with Crippen LogP contribution in [0, 0.1) is 11.8 Å². The number of nitrogens with zero attached hydrogens (tertiary/aromatic N) is 1. The van der Waals surface area contributed by atoms with Crippen LogP contribution in [-0.2, 0) is 9.53 Å². The largest absolute Gasteiger partial charge is 0.384 e. The number of hydrogen-bond donors (Lipinski definition) is 1. The fourth-order valence-corrected chi connectivity index (χ4v) is 2.53. The Bertz CT molecular complexity index is 227. The number of nitrogens with one attached hydrogen (secondary N) is 1. The minimum atomic E-state index is 0.228. The maximum Gasteiger partial charge on any atom is 0.227 e. The first-order valence-corrected chi connectivity index (χ1v) is 5.79. The van der Waals surface area contributed by atoms with Crippen molar-refractivity contribution in [2.24, 2.45) is 11.8 Å². The van der Waals surface area contributed by atoms with E-state index in [9.17, 15) is 4.79 Å². The molecule has 2 heterocycles. The van der Waals surface area contributed by atoms with Crippen molar-refractivity contribution in [1.82, 2.24) is 10.2 Å². The molecular formula is C11H20N2O2. The van der Waals surface area contributed by atoms with Gasteiger partial charge in [-0.15, -0.1) is 0 Å². The van der Waals surface area contributed by atoms with E-state index in [1.165, 1.54) is 0 Å². The van der Waals surface area contributed by atoms with Crippen LogP contribution in [0.4, 0.5) is 0 Å². The third-order valence-corrected chi connectivity index (χ3v) is 3.41. The molecule has 2 rings (SSSR count). The third-order valence-electron chi connectivity index (χ3n) is 3.41. The van der Waals surface area contributed by atoms with Gasteiger partial charge in [-0.2, -0.15) is 0 Å². The fraction of sp³-hybridized carbons (Fsp3) is 0.909. The van der Waals surface area contributed by atoms with Gasteiger partial charge in [-0.25, -0.2) is 0 Å². The van der Waals surface area contributed by atoms with Gasteiger partial charge in [-0.3, -0.25) is 4.79 Å². The van der Waals surface area contributed by atoms with Crippen LogP contribution in [0.3, 0.4) is 0 Å². The van der Waals surface area contributed by atoms with Crippen LogP contribution < -0.4 is 5.32 Å². The first-order valence-electron chi connectivity index (χ1n) is 5.79. The van der Waals surface area contributed by atoms with E-state index in [1.807, 2.05) is 4.90 Å².